The maximum atomic E-state index is 9.90. The van der Waals surface area contributed by atoms with Crippen LogP contribution < -0.4 is 0 Å². The van der Waals surface area contributed by atoms with E-state index in [2.05, 4.69) is 11.6 Å². The highest BCUT2D eigenvalue weighted by Gasteiger charge is 2.18. The van der Waals surface area contributed by atoms with Gasteiger partial charge in [0.1, 0.15) is 12.2 Å². The predicted octanol–water partition coefficient (Wildman–Crippen LogP) is 1.82. The quantitative estimate of drug-likeness (QED) is 0.768. The van der Waals surface area contributed by atoms with E-state index in [0.29, 0.717) is 5.69 Å². The summed E-state index contributed by atoms with van der Waals surface area (Å²) in [5, 5.41) is 21.3. The van der Waals surface area contributed by atoms with Gasteiger partial charge in [0, 0.05) is 11.6 Å². The van der Waals surface area contributed by atoms with Gasteiger partial charge in [0.25, 0.3) is 0 Å². The Balaban J connectivity index is 2.56. The number of aliphatic hydroxyl groups is 2. The van der Waals surface area contributed by atoms with E-state index in [1.54, 1.807) is 6.20 Å². The summed E-state index contributed by atoms with van der Waals surface area (Å²) in [4.78, 5) is 4.12. The van der Waals surface area contributed by atoms with Crippen LogP contribution in [0, 0.1) is 0 Å². The summed E-state index contributed by atoms with van der Waals surface area (Å²) in [6.45, 7) is 3.45. The Labute approximate surface area is 93.7 Å². The molecule has 1 aromatic carbocycles. The van der Waals surface area contributed by atoms with Crippen LogP contribution in [0.3, 0.4) is 0 Å². The fraction of sp³-hybridized carbons (Fsp3) is 0.154. The molecule has 2 aromatic rings. The van der Waals surface area contributed by atoms with Gasteiger partial charge in [-0.2, -0.15) is 0 Å². The molecule has 0 spiro atoms. The van der Waals surface area contributed by atoms with Crippen molar-refractivity contribution in [1.29, 1.82) is 0 Å². The molecule has 82 valence electrons. The van der Waals surface area contributed by atoms with Crippen molar-refractivity contribution in [2.24, 2.45) is 0 Å². The van der Waals surface area contributed by atoms with Gasteiger partial charge in [-0.05, 0) is 11.5 Å². The summed E-state index contributed by atoms with van der Waals surface area (Å²) in [6.07, 6.45) is 0.882. The van der Waals surface area contributed by atoms with Gasteiger partial charge >= 0.3 is 0 Å². The van der Waals surface area contributed by atoms with Crippen molar-refractivity contribution in [1.82, 2.24) is 4.98 Å². The van der Waals surface area contributed by atoms with E-state index in [9.17, 15) is 10.2 Å². The third-order valence-corrected chi connectivity index (χ3v) is 2.55. The third kappa shape index (κ3) is 1.83. The van der Waals surface area contributed by atoms with Gasteiger partial charge < -0.3 is 10.2 Å². The van der Waals surface area contributed by atoms with Gasteiger partial charge in [-0.25, -0.2) is 0 Å². The number of hydrogen-bond donors (Lipinski definition) is 2. The number of aromatic nitrogens is 1. The number of aliphatic hydroxyl groups excluding tert-OH is 2. The van der Waals surface area contributed by atoms with Crippen molar-refractivity contribution in [2.75, 3.05) is 0 Å². The van der Waals surface area contributed by atoms with Crippen LogP contribution in [0.15, 0.2) is 49.2 Å². The Kier molecular flexibility index (Phi) is 2.99. The molecule has 3 nitrogen and oxygen atoms in total. The van der Waals surface area contributed by atoms with E-state index in [0.717, 1.165) is 10.8 Å². The first-order valence-corrected chi connectivity index (χ1v) is 5.06. The number of fused-ring (bicyclic) bond motifs is 1. The summed E-state index contributed by atoms with van der Waals surface area (Å²) in [6, 6.07) is 9.47. The molecular weight excluding hydrogens is 202 g/mol. The van der Waals surface area contributed by atoms with Crippen molar-refractivity contribution in [3.8, 4) is 0 Å². The second-order valence-corrected chi connectivity index (χ2v) is 3.59. The Morgan fingerprint density at radius 1 is 1.19 bits per heavy atom. The lowest BCUT2D eigenvalue weighted by Crippen LogP contribution is -2.16. The fourth-order valence-corrected chi connectivity index (χ4v) is 1.67. The Bertz CT molecular complexity index is 505. The van der Waals surface area contributed by atoms with E-state index < -0.39 is 12.2 Å². The normalized spacial score (nSPS) is 14.6. The zero-order valence-corrected chi connectivity index (χ0v) is 8.74. The first kappa shape index (κ1) is 10.8. The lowest BCUT2D eigenvalue weighted by Gasteiger charge is -2.15. The number of nitrogens with zero attached hydrogens (tertiary/aromatic N) is 1. The minimum atomic E-state index is -1.04. The molecule has 2 rings (SSSR count). The van der Waals surface area contributed by atoms with Gasteiger partial charge in [0.05, 0.1) is 5.69 Å². The van der Waals surface area contributed by atoms with Crippen molar-refractivity contribution in [3.05, 3.63) is 54.9 Å². The van der Waals surface area contributed by atoms with Crippen molar-refractivity contribution in [2.45, 2.75) is 12.2 Å². The minimum absolute atomic E-state index is 0.477. The zero-order valence-electron chi connectivity index (χ0n) is 8.74. The second-order valence-electron chi connectivity index (χ2n) is 3.59. The SMILES string of the molecule is C=C[C@H](O)[C@H](O)c1nccc2ccccc12. The van der Waals surface area contributed by atoms with Crippen LogP contribution in [0.1, 0.15) is 11.8 Å². The summed E-state index contributed by atoms with van der Waals surface area (Å²) < 4.78 is 0. The number of pyridine rings is 1. The molecule has 0 aliphatic heterocycles. The molecule has 0 amide bonds. The van der Waals surface area contributed by atoms with Crippen LogP contribution in [0.25, 0.3) is 10.8 Å². The van der Waals surface area contributed by atoms with Gasteiger partial charge in [-0.3, -0.25) is 4.98 Å². The topological polar surface area (TPSA) is 53.4 Å². The Morgan fingerprint density at radius 2 is 1.94 bits per heavy atom. The lowest BCUT2D eigenvalue weighted by atomic mass is 10.0. The summed E-state index contributed by atoms with van der Waals surface area (Å²) >= 11 is 0. The largest absolute Gasteiger partial charge is 0.386 e. The molecule has 0 radical (unpaired) electrons. The number of hydrogen-bond acceptors (Lipinski definition) is 3. The van der Waals surface area contributed by atoms with Crippen molar-refractivity contribution in [3.63, 3.8) is 0 Å². The molecule has 2 N–H and O–H groups in total. The van der Waals surface area contributed by atoms with E-state index in [1.165, 1.54) is 6.08 Å². The molecule has 1 heterocycles. The molecule has 0 aliphatic rings. The highest BCUT2D eigenvalue weighted by atomic mass is 16.3. The molecule has 16 heavy (non-hydrogen) atoms. The van der Waals surface area contributed by atoms with Crippen LogP contribution in [0.2, 0.25) is 0 Å². The number of benzene rings is 1. The van der Waals surface area contributed by atoms with Crippen LogP contribution in [0.4, 0.5) is 0 Å². The minimum Gasteiger partial charge on any atom is -0.386 e. The molecule has 0 unspecified atom stereocenters. The first-order chi connectivity index (χ1) is 7.74. The standard InChI is InChI=1S/C13H13NO2/c1-2-11(15)13(16)12-10-6-4-3-5-9(10)7-8-14-12/h2-8,11,13,15-16H,1H2/t11-,13-/m0/s1. The van der Waals surface area contributed by atoms with E-state index in [4.69, 9.17) is 0 Å². The van der Waals surface area contributed by atoms with E-state index in [-0.39, 0.29) is 0 Å². The predicted molar refractivity (Wildman–Crippen MR) is 62.9 cm³/mol. The lowest BCUT2D eigenvalue weighted by molar-refractivity contribution is 0.0467. The third-order valence-electron chi connectivity index (χ3n) is 2.55. The van der Waals surface area contributed by atoms with Crippen molar-refractivity contribution < 1.29 is 10.2 Å². The maximum Gasteiger partial charge on any atom is 0.126 e. The molecule has 0 saturated carbocycles. The molecule has 0 fully saturated rings. The fourth-order valence-electron chi connectivity index (χ4n) is 1.67. The molecule has 0 bridgehead atoms. The maximum absolute atomic E-state index is 9.90. The summed E-state index contributed by atoms with van der Waals surface area (Å²) in [7, 11) is 0. The highest BCUT2D eigenvalue weighted by molar-refractivity contribution is 5.84. The van der Waals surface area contributed by atoms with Crippen LogP contribution in [-0.2, 0) is 0 Å². The average molecular weight is 215 g/mol. The van der Waals surface area contributed by atoms with Gasteiger partial charge in [0.2, 0.25) is 0 Å². The zero-order chi connectivity index (χ0) is 11.5. The van der Waals surface area contributed by atoms with Crippen molar-refractivity contribution >= 4 is 10.8 Å². The first-order valence-electron chi connectivity index (χ1n) is 5.06. The Hall–Kier alpha value is -1.71. The second kappa shape index (κ2) is 4.43. The molecule has 3 heteroatoms. The van der Waals surface area contributed by atoms with E-state index in [1.807, 2.05) is 30.3 Å². The molecule has 0 saturated heterocycles. The summed E-state index contributed by atoms with van der Waals surface area (Å²) in [5.74, 6) is 0. The van der Waals surface area contributed by atoms with E-state index >= 15 is 0 Å². The highest BCUT2D eigenvalue weighted by Crippen LogP contribution is 2.24. The summed E-state index contributed by atoms with van der Waals surface area (Å²) in [5.41, 5.74) is 0.477. The molecule has 2 atom stereocenters. The Morgan fingerprint density at radius 3 is 2.69 bits per heavy atom. The van der Waals surface area contributed by atoms with Gasteiger partial charge in [-0.1, -0.05) is 30.3 Å². The molecular formula is C13H13NO2. The van der Waals surface area contributed by atoms with Crippen LogP contribution in [-0.4, -0.2) is 21.3 Å². The van der Waals surface area contributed by atoms with Gasteiger partial charge in [-0.15, -0.1) is 6.58 Å². The number of rotatable bonds is 3. The van der Waals surface area contributed by atoms with Crippen LogP contribution >= 0.6 is 0 Å². The molecule has 1 aromatic heterocycles. The molecule has 0 aliphatic carbocycles. The average Bonchev–Trinajstić information content (AvgIpc) is 2.36. The smallest absolute Gasteiger partial charge is 0.126 e. The van der Waals surface area contributed by atoms with Crippen LogP contribution in [0.5, 0.6) is 0 Å². The monoisotopic (exact) mass is 215 g/mol. The van der Waals surface area contributed by atoms with Gasteiger partial charge in [0.15, 0.2) is 0 Å².